The van der Waals surface area contributed by atoms with Crippen LogP contribution in [-0.2, 0) is 25.7 Å². The highest BCUT2D eigenvalue weighted by molar-refractivity contribution is 6.49. The second-order valence-corrected chi connectivity index (χ2v) is 13.5. The Hall–Kier alpha value is -1.53. The van der Waals surface area contributed by atoms with E-state index in [9.17, 15) is 0 Å². The minimum Gasteiger partial charge on any atom is -0.549 e. The Labute approximate surface area is 208 Å². The van der Waals surface area contributed by atoms with Gasteiger partial charge in [0.05, 0.1) is 0 Å². The van der Waals surface area contributed by atoms with Gasteiger partial charge in [-0.1, -0.05) is 77.6 Å². The molecule has 0 heterocycles. The fourth-order valence-electron chi connectivity index (χ4n) is 4.39. The number of rotatable bonds is 18. The minimum absolute atomic E-state index is 0.597. The molecular weight excluding hydrogens is 436 g/mol. The lowest BCUT2D eigenvalue weighted by molar-refractivity contribution is 0.565. The average molecular weight is 485 g/mol. The normalized spacial score (nSPS) is 11.8. The van der Waals surface area contributed by atoms with Crippen LogP contribution in [-0.4, -0.2) is 19.5 Å². The molecule has 0 spiro atoms. The molecule has 2 rings (SSSR count). The van der Waals surface area contributed by atoms with Gasteiger partial charge >= 0.3 is 0 Å². The Morgan fingerprint density at radius 2 is 0.939 bits per heavy atom. The van der Waals surface area contributed by atoms with Crippen LogP contribution in [0.15, 0.2) is 36.4 Å². The molecule has 0 saturated carbocycles. The Morgan fingerprint density at radius 3 is 1.33 bits per heavy atom. The summed E-state index contributed by atoms with van der Waals surface area (Å²) < 4.78 is 12.9. The van der Waals surface area contributed by atoms with Gasteiger partial charge < -0.3 is 8.85 Å². The monoisotopic (exact) mass is 484 g/mol. The molecule has 4 heteroatoms. The third-order valence-corrected chi connectivity index (χ3v) is 9.76. The van der Waals surface area contributed by atoms with Gasteiger partial charge in [0.25, 0.3) is 0 Å². The number of benzene rings is 2. The van der Waals surface area contributed by atoms with Crippen molar-refractivity contribution in [1.82, 2.24) is 0 Å². The molecule has 0 atom stereocenters. The van der Waals surface area contributed by atoms with Crippen molar-refractivity contribution < 1.29 is 8.85 Å². The molecule has 0 saturated heterocycles. The van der Waals surface area contributed by atoms with Gasteiger partial charge in [-0.15, -0.1) is 0 Å². The summed E-state index contributed by atoms with van der Waals surface area (Å²) in [5, 5.41) is 0. The maximum absolute atomic E-state index is 6.46. The van der Waals surface area contributed by atoms with E-state index < -0.39 is 19.5 Å². The van der Waals surface area contributed by atoms with Crippen LogP contribution in [0, 0.1) is 0 Å². The molecule has 0 unspecified atom stereocenters. The predicted molar refractivity (Wildman–Crippen MR) is 150 cm³/mol. The Kier molecular flexibility index (Phi) is 14.3. The Morgan fingerprint density at radius 1 is 0.545 bits per heavy atom. The van der Waals surface area contributed by atoms with Crippen molar-refractivity contribution in [3.05, 3.63) is 58.7 Å². The van der Waals surface area contributed by atoms with E-state index in [4.69, 9.17) is 8.85 Å². The smallest absolute Gasteiger partial charge is 0.219 e. The standard InChI is InChI=1S/C29H48O2Si2/c1-5-9-15-24-17-13-21-28(26(24)19-11-7-3)30-32-23-33-31-29-22-14-18-25(16-10-6-2)27(29)20-12-8-4/h13-14,17-18,21-22H,5-12,15-16,19-20,23,32-33H2,1-4H3. The molecule has 0 bridgehead atoms. The lowest BCUT2D eigenvalue weighted by Gasteiger charge is -2.17. The van der Waals surface area contributed by atoms with Crippen LogP contribution in [0.3, 0.4) is 0 Å². The molecule has 184 valence electrons. The van der Waals surface area contributed by atoms with E-state index in [-0.39, 0.29) is 0 Å². The summed E-state index contributed by atoms with van der Waals surface area (Å²) in [6.07, 6.45) is 14.6. The van der Waals surface area contributed by atoms with E-state index in [1.54, 1.807) is 0 Å². The first-order chi connectivity index (χ1) is 16.2. The van der Waals surface area contributed by atoms with Crippen molar-refractivity contribution in [2.45, 2.75) is 110 Å². The van der Waals surface area contributed by atoms with Crippen molar-refractivity contribution in [3.63, 3.8) is 0 Å². The summed E-state index contributed by atoms with van der Waals surface area (Å²) in [6.45, 7) is 9.10. The number of hydrogen-bond donors (Lipinski definition) is 0. The molecule has 2 nitrogen and oxygen atoms in total. The third kappa shape index (κ3) is 9.70. The van der Waals surface area contributed by atoms with Crippen LogP contribution in [0.25, 0.3) is 0 Å². The van der Waals surface area contributed by atoms with E-state index in [0.29, 0.717) is 0 Å². The van der Waals surface area contributed by atoms with Crippen molar-refractivity contribution in [2.24, 2.45) is 0 Å². The predicted octanol–water partition coefficient (Wildman–Crippen LogP) is 7.06. The molecule has 0 fully saturated rings. The number of unbranched alkanes of at least 4 members (excludes halogenated alkanes) is 4. The van der Waals surface area contributed by atoms with Gasteiger partial charge in [0.15, 0.2) is 0 Å². The molecule has 2 aromatic carbocycles. The lowest BCUT2D eigenvalue weighted by Crippen LogP contribution is -2.13. The molecule has 0 aliphatic carbocycles. The SMILES string of the molecule is CCCCc1cccc(O[SiH2]C[SiH2]Oc2cccc(CCCC)c2CCCC)c1CCCC. The summed E-state index contributed by atoms with van der Waals surface area (Å²) in [5.74, 6) is 2.34. The van der Waals surface area contributed by atoms with Crippen molar-refractivity contribution in [2.75, 3.05) is 0 Å². The molecule has 0 aliphatic heterocycles. The van der Waals surface area contributed by atoms with E-state index in [0.717, 1.165) is 12.8 Å². The van der Waals surface area contributed by atoms with E-state index in [1.807, 2.05) is 0 Å². The van der Waals surface area contributed by atoms with Gasteiger partial charge in [-0.25, -0.2) is 0 Å². The highest BCUT2D eigenvalue weighted by Crippen LogP contribution is 2.27. The fourth-order valence-corrected chi connectivity index (χ4v) is 7.00. The zero-order chi connectivity index (χ0) is 23.7. The van der Waals surface area contributed by atoms with Crippen LogP contribution in [0.2, 0.25) is 5.67 Å². The summed E-state index contributed by atoms with van der Waals surface area (Å²) >= 11 is 0. The van der Waals surface area contributed by atoms with E-state index >= 15 is 0 Å². The molecule has 0 aromatic heterocycles. The molecule has 0 amide bonds. The second-order valence-electron chi connectivity index (χ2n) is 9.25. The zero-order valence-corrected chi connectivity index (χ0v) is 24.7. The maximum Gasteiger partial charge on any atom is 0.219 e. The average Bonchev–Trinajstić information content (AvgIpc) is 2.84. The quantitative estimate of drug-likeness (QED) is 0.167. The van der Waals surface area contributed by atoms with Crippen LogP contribution in [0.1, 0.15) is 101 Å². The molecule has 2 aromatic rings. The molecule has 0 aliphatic rings. The maximum atomic E-state index is 6.46. The fraction of sp³-hybridized carbons (Fsp3) is 0.586. The van der Waals surface area contributed by atoms with Crippen molar-refractivity contribution in [3.8, 4) is 11.5 Å². The topological polar surface area (TPSA) is 18.5 Å². The van der Waals surface area contributed by atoms with Crippen LogP contribution < -0.4 is 8.85 Å². The second kappa shape index (κ2) is 17.0. The highest BCUT2D eigenvalue weighted by atomic mass is 28.3. The van der Waals surface area contributed by atoms with Gasteiger partial charge in [-0.05, 0) is 91.4 Å². The highest BCUT2D eigenvalue weighted by Gasteiger charge is 2.11. The summed E-state index contributed by atoms with van der Waals surface area (Å²) in [4.78, 5) is 0. The van der Waals surface area contributed by atoms with E-state index in [1.165, 1.54) is 104 Å². The Bertz CT molecular complexity index is 726. The van der Waals surface area contributed by atoms with Crippen LogP contribution in [0.5, 0.6) is 11.5 Å². The summed E-state index contributed by atoms with van der Waals surface area (Å²) in [7, 11) is -1.19. The van der Waals surface area contributed by atoms with Crippen molar-refractivity contribution in [1.29, 1.82) is 0 Å². The minimum atomic E-state index is -0.597. The largest absolute Gasteiger partial charge is 0.549 e. The van der Waals surface area contributed by atoms with Gasteiger partial charge in [0.1, 0.15) is 11.5 Å². The molecule has 0 N–H and O–H groups in total. The van der Waals surface area contributed by atoms with Gasteiger partial charge in [0.2, 0.25) is 19.5 Å². The molecule has 33 heavy (non-hydrogen) atoms. The lowest BCUT2D eigenvalue weighted by atomic mass is 9.97. The first-order valence-corrected chi connectivity index (χ1v) is 16.9. The van der Waals surface area contributed by atoms with Crippen LogP contribution >= 0.6 is 0 Å². The number of aryl methyl sites for hydroxylation is 2. The summed E-state index contributed by atoms with van der Waals surface area (Å²) in [6, 6.07) is 13.4. The first kappa shape index (κ1) is 27.7. The summed E-state index contributed by atoms with van der Waals surface area (Å²) in [5.41, 5.74) is 7.16. The van der Waals surface area contributed by atoms with Gasteiger partial charge in [-0.3, -0.25) is 0 Å². The Balaban J connectivity index is 1.95. The van der Waals surface area contributed by atoms with Gasteiger partial charge in [0, 0.05) is 0 Å². The van der Waals surface area contributed by atoms with Gasteiger partial charge in [-0.2, -0.15) is 0 Å². The first-order valence-electron chi connectivity index (χ1n) is 13.7. The molecule has 0 radical (unpaired) electrons. The van der Waals surface area contributed by atoms with E-state index in [2.05, 4.69) is 64.1 Å². The zero-order valence-electron chi connectivity index (χ0n) is 21.9. The number of hydrogen-bond acceptors (Lipinski definition) is 2. The third-order valence-electron chi connectivity index (χ3n) is 6.42. The molecular formula is C29H48O2Si2. The van der Waals surface area contributed by atoms with Crippen LogP contribution in [0.4, 0.5) is 0 Å². The van der Waals surface area contributed by atoms with Crippen molar-refractivity contribution >= 4 is 19.5 Å².